The molecule has 6 heteroatoms. The van der Waals surface area contributed by atoms with Crippen LogP contribution in [0.25, 0.3) is 0 Å². The number of nitrogens with one attached hydrogen (secondary N) is 1. The van der Waals surface area contributed by atoms with Gasteiger partial charge in [-0.15, -0.1) is 0 Å². The summed E-state index contributed by atoms with van der Waals surface area (Å²) in [5.74, 6) is 4.51. The van der Waals surface area contributed by atoms with Crippen LogP contribution in [0.5, 0.6) is 0 Å². The van der Waals surface area contributed by atoms with Crippen molar-refractivity contribution < 1.29 is 9.18 Å². The standard InChI is InChI=1S/C13H19FN4O/c1-8-3-4-9(2)18(7-8)13(19)10-5-6-16-12(17-15)11(10)14/h5-6,8-9H,3-4,7,15H2,1-2H3,(H,16,17). The first-order chi connectivity index (χ1) is 9.04. The van der Waals surface area contributed by atoms with Crippen LogP contribution in [0.4, 0.5) is 10.2 Å². The maximum Gasteiger partial charge on any atom is 0.257 e. The highest BCUT2D eigenvalue weighted by Gasteiger charge is 2.29. The Morgan fingerprint density at radius 3 is 2.95 bits per heavy atom. The quantitative estimate of drug-likeness (QED) is 0.632. The number of hydrazine groups is 1. The number of carbonyl (C=O) groups excluding carboxylic acids is 1. The van der Waals surface area contributed by atoms with Gasteiger partial charge in [0.25, 0.3) is 5.91 Å². The van der Waals surface area contributed by atoms with Gasteiger partial charge in [0.1, 0.15) is 0 Å². The molecular formula is C13H19FN4O. The first-order valence-corrected chi connectivity index (χ1v) is 6.46. The van der Waals surface area contributed by atoms with Gasteiger partial charge in [0.15, 0.2) is 11.6 Å². The molecule has 5 nitrogen and oxygen atoms in total. The van der Waals surface area contributed by atoms with E-state index in [4.69, 9.17) is 5.84 Å². The predicted octanol–water partition coefficient (Wildman–Crippen LogP) is 1.77. The van der Waals surface area contributed by atoms with Gasteiger partial charge in [0.05, 0.1) is 5.56 Å². The molecule has 2 atom stereocenters. The average molecular weight is 266 g/mol. The first-order valence-electron chi connectivity index (χ1n) is 6.46. The molecule has 2 rings (SSSR count). The molecule has 0 radical (unpaired) electrons. The van der Waals surface area contributed by atoms with Crippen molar-refractivity contribution in [2.45, 2.75) is 32.7 Å². The van der Waals surface area contributed by atoms with Gasteiger partial charge in [-0.2, -0.15) is 0 Å². The van der Waals surface area contributed by atoms with Crippen molar-refractivity contribution in [1.29, 1.82) is 0 Å². The van der Waals surface area contributed by atoms with Crippen molar-refractivity contribution >= 4 is 11.7 Å². The number of likely N-dealkylation sites (tertiary alicyclic amines) is 1. The number of rotatable bonds is 2. The molecule has 0 saturated carbocycles. The lowest BCUT2D eigenvalue weighted by Gasteiger charge is -2.36. The van der Waals surface area contributed by atoms with Gasteiger partial charge in [-0.3, -0.25) is 4.79 Å². The number of aromatic nitrogens is 1. The number of nitrogen functional groups attached to an aromatic ring is 1. The van der Waals surface area contributed by atoms with Gasteiger partial charge in [-0.1, -0.05) is 6.92 Å². The van der Waals surface area contributed by atoms with Crippen LogP contribution in [-0.4, -0.2) is 28.4 Å². The van der Waals surface area contributed by atoms with E-state index in [0.29, 0.717) is 12.5 Å². The minimum atomic E-state index is -0.694. The summed E-state index contributed by atoms with van der Waals surface area (Å²) >= 11 is 0. The molecule has 0 bridgehead atoms. The second kappa shape index (κ2) is 5.52. The van der Waals surface area contributed by atoms with Crippen LogP contribution in [0.15, 0.2) is 12.3 Å². The van der Waals surface area contributed by atoms with Gasteiger partial charge < -0.3 is 10.3 Å². The Morgan fingerprint density at radius 2 is 2.26 bits per heavy atom. The van der Waals surface area contributed by atoms with Crippen LogP contribution in [0.3, 0.4) is 0 Å². The Balaban J connectivity index is 2.28. The molecule has 1 amide bonds. The number of amides is 1. The Morgan fingerprint density at radius 1 is 1.53 bits per heavy atom. The van der Waals surface area contributed by atoms with Crippen molar-refractivity contribution in [1.82, 2.24) is 9.88 Å². The Hall–Kier alpha value is -1.69. The summed E-state index contributed by atoms with van der Waals surface area (Å²) in [5.41, 5.74) is 2.17. The molecule has 1 aliphatic heterocycles. The van der Waals surface area contributed by atoms with Gasteiger partial charge in [0, 0.05) is 18.8 Å². The van der Waals surface area contributed by atoms with Crippen LogP contribution in [0.1, 0.15) is 37.0 Å². The fourth-order valence-corrected chi connectivity index (χ4v) is 2.44. The molecular weight excluding hydrogens is 247 g/mol. The number of pyridine rings is 1. The lowest BCUT2D eigenvalue weighted by atomic mass is 9.94. The van der Waals surface area contributed by atoms with Crippen molar-refractivity contribution in [2.24, 2.45) is 11.8 Å². The molecule has 2 heterocycles. The zero-order valence-corrected chi connectivity index (χ0v) is 11.2. The van der Waals surface area contributed by atoms with Crippen LogP contribution < -0.4 is 11.3 Å². The maximum atomic E-state index is 14.1. The number of hydrogen-bond donors (Lipinski definition) is 2. The Bertz CT molecular complexity index is 480. The molecule has 1 saturated heterocycles. The van der Waals surface area contributed by atoms with Crippen LogP contribution in [-0.2, 0) is 0 Å². The number of nitrogens with zero attached hydrogens (tertiary/aromatic N) is 2. The average Bonchev–Trinajstić information content (AvgIpc) is 2.41. The second-order valence-corrected chi connectivity index (χ2v) is 5.15. The third-order valence-electron chi connectivity index (χ3n) is 3.63. The van der Waals surface area contributed by atoms with E-state index in [0.717, 1.165) is 12.8 Å². The van der Waals surface area contributed by atoms with Gasteiger partial charge in [0.2, 0.25) is 0 Å². The zero-order chi connectivity index (χ0) is 14.0. The number of halogens is 1. The maximum absolute atomic E-state index is 14.1. The van der Waals surface area contributed by atoms with Gasteiger partial charge >= 0.3 is 0 Å². The molecule has 1 aromatic rings. The largest absolute Gasteiger partial charge is 0.336 e. The highest BCUT2D eigenvalue weighted by molar-refractivity contribution is 5.95. The summed E-state index contributed by atoms with van der Waals surface area (Å²) in [6.45, 7) is 4.75. The van der Waals surface area contributed by atoms with Crippen molar-refractivity contribution in [3.8, 4) is 0 Å². The number of piperidine rings is 1. The fraction of sp³-hybridized carbons (Fsp3) is 0.538. The molecule has 1 aromatic heterocycles. The number of hydrogen-bond acceptors (Lipinski definition) is 4. The topological polar surface area (TPSA) is 71.2 Å². The van der Waals surface area contributed by atoms with Crippen LogP contribution >= 0.6 is 0 Å². The summed E-state index contributed by atoms with van der Waals surface area (Å²) < 4.78 is 14.1. The van der Waals surface area contributed by atoms with E-state index >= 15 is 0 Å². The summed E-state index contributed by atoms with van der Waals surface area (Å²) in [6.07, 6.45) is 3.42. The minimum Gasteiger partial charge on any atom is -0.336 e. The van der Waals surface area contributed by atoms with E-state index in [2.05, 4.69) is 17.3 Å². The van der Waals surface area contributed by atoms with Gasteiger partial charge in [-0.25, -0.2) is 15.2 Å². The van der Waals surface area contributed by atoms with E-state index in [9.17, 15) is 9.18 Å². The number of carbonyl (C=O) groups is 1. The van der Waals surface area contributed by atoms with Crippen molar-refractivity contribution in [3.05, 3.63) is 23.6 Å². The normalized spacial score (nSPS) is 23.3. The van der Waals surface area contributed by atoms with E-state index in [1.165, 1.54) is 12.3 Å². The molecule has 3 N–H and O–H groups in total. The van der Waals surface area contributed by atoms with E-state index in [1.54, 1.807) is 4.90 Å². The summed E-state index contributed by atoms with van der Waals surface area (Å²) in [7, 11) is 0. The summed E-state index contributed by atoms with van der Waals surface area (Å²) in [4.78, 5) is 17.9. The third-order valence-corrected chi connectivity index (χ3v) is 3.63. The van der Waals surface area contributed by atoms with Crippen molar-refractivity contribution in [3.63, 3.8) is 0 Å². The molecule has 0 aliphatic carbocycles. The first kappa shape index (κ1) is 13.7. The molecule has 104 valence electrons. The Labute approximate surface area is 112 Å². The van der Waals surface area contributed by atoms with E-state index in [1.807, 2.05) is 6.92 Å². The predicted molar refractivity (Wildman–Crippen MR) is 70.9 cm³/mol. The SMILES string of the molecule is CC1CCC(C)N(C(=O)c2ccnc(NN)c2F)C1. The van der Waals surface area contributed by atoms with Crippen LogP contribution in [0.2, 0.25) is 0 Å². The highest BCUT2D eigenvalue weighted by Crippen LogP contribution is 2.24. The summed E-state index contributed by atoms with van der Waals surface area (Å²) in [6, 6.07) is 1.52. The smallest absolute Gasteiger partial charge is 0.257 e. The van der Waals surface area contributed by atoms with E-state index < -0.39 is 5.82 Å². The lowest BCUT2D eigenvalue weighted by Crippen LogP contribution is -2.45. The third kappa shape index (κ3) is 2.68. The second-order valence-electron chi connectivity index (χ2n) is 5.15. The molecule has 2 unspecified atom stereocenters. The van der Waals surface area contributed by atoms with E-state index in [-0.39, 0.29) is 23.3 Å². The van der Waals surface area contributed by atoms with Crippen molar-refractivity contribution in [2.75, 3.05) is 12.0 Å². The molecule has 0 aromatic carbocycles. The monoisotopic (exact) mass is 266 g/mol. The lowest BCUT2D eigenvalue weighted by molar-refractivity contribution is 0.0569. The molecule has 0 spiro atoms. The number of anilines is 1. The Kier molecular flexibility index (Phi) is 3.99. The molecule has 1 aliphatic rings. The molecule has 19 heavy (non-hydrogen) atoms. The molecule has 1 fully saturated rings. The zero-order valence-electron chi connectivity index (χ0n) is 11.2. The van der Waals surface area contributed by atoms with Crippen LogP contribution in [0, 0.1) is 11.7 Å². The summed E-state index contributed by atoms with van der Waals surface area (Å²) in [5, 5.41) is 0. The minimum absolute atomic E-state index is 0.0175. The van der Waals surface area contributed by atoms with Gasteiger partial charge in [-0.05, 0) is 31.7 Å². The highest BCUT2D eigenvalue weighted by atomic mass is 19.1. The fourth-order valence-electron chi connectivity index (χ4n) is 2.44. The number of nitrogens with two attached hydrogens (primary N) is 1.